The van der Waals surface area contributed by atoms with Gasteiger partial charge in [0.25, 0.3) is 0 Å². The molecule has 4 nitrogen and oxygen atoms in total. The zero-order valence-corrected chi connectivity index (χ0v) is 10.5. The first-order chi connectivity index (χ1) is 7.72. The highest BCUT2D eigenvalue weighted by Gasteiger charge is 2.10. The molecule has 0 aliphatic rings. The first kappa shape index (κ1) is 12.6. The predicted octanol–water partition coefficient (Wildman–Crippen LogP) is 2.32. The van der Waals surface area contributed by atoms with Crippen LogP contribution in [0, 0.1) is 0 Å². The number of hydrogen-bond acceptors (Lipinski definition) is 4. The van der Waals surface area contributed by atoms with Crippen molar-refractivity contribution in [2.75, 3.05) is 13.7 Å². The third kappa shape index (κ3) is 3.00. The Bertz CT molecular complexity index is 405. The van der Waals surface area contributed by atoms with Crippen LogP contribution in [0.5, 0.6) is 11.5 Å². The summed E-state index contributed by atoms with van der Waals surface area (Å²) in [5.41, 5.74) is 0.831. The summed E-state index contributed by atoms with van der Waals surface area (Å²) < 4.78 is 11.5. The molecule has 5 heteroatoms. The molecule has 0 saturated heterocycles. The largest absolute Gasteiger partial charge is 0.493 e. The van der Waals surface area contributed by atoms with Gasteiger partial charge in [-0.1, -0.05) is 12.7 Å². The molecule has 0 atom stereocenters. The average molecular weight is 285 g/mol. The van der Waals surface area contributed by atoms with E-state index in [9.17, 15) is 0 Å². The van der Waals surface area contributed by atoms with Gasteiger partial charge in [0.1, 0.15) is 6.61 Å². The molecule has 0 fully saturated rings. The average Bonchev–Trinajstić information content (AvgIpc) is 2.27. The van der Waals surface area contributed by atoms with Crippen LogP contribution < -0.4 is 15.3 Å². The Morgan fingerprint density at radius 3 is 2.88 bits per heavy atom. The minimum Gasteiger partial charge on any atom is -0.493 e. The van der Waals surface area contributed by atoms with Gasteiger partial charge >= 0.3 is 0 Å². The molecule has 0 heterocycles. The molecule has 0 spiro atoms. The number of hydrazone groups is 1. The summed E-state index contributed by atoms with van der Waals surface area (Å²) in [5, 5.41) is 3.46. The van der Waals surface area contributed by atoms with E-state index < -0.39 is 0 Å². The van der Waals surface area contributed by atoms with Gasteiger partial charge in [-0.05, 0) is 33.6 Å². The monoisotopic (exact) mass is 284 g/mol. The van der Waals surface area contributed by atoms with Crippen LogP contribution in [0.25, 0.3) is 0 Å². The highest BCUT2D eigenvalue weighted by molar-refractivity contribution is 9.10. The lowest BCUT2D eigenvalue weighted by molar-refractivity contribution is 0.324. The molecule has 0 saturated carbocycles. The summed E-state index contributed by atoms with van der Waals surface area (Å²) in [4.78, 5) is 0. The quantitative estimate of drug-likeness (QED) is 0.391. The zero-order valence-electron chi connectivity index (χ0n) is 8.94. The van der Waals surface area contributed by atoms with Crippen molar-refractivity contribution in [1.82, 2.24) is 0 Å². The molecule has 0 bridgehead atoms. The van der Waals surface area contributed by atoms with Crippen LogP contribution in [-0.2, 0) is 0 Å². The first-order valence-electron chi connectivity index (χ1n) is 4.57. The molecule has 1 aromatic rings. The normalized spacial score (nSPS) is 10.4. The van der Waals surface area contributed by atoms with Gasteiger partial charge in [-0.15, -0.1) is 0 Å². The van der Waals surface area contributed by atoms with Crippen molar-refractivity contribution in [3.05, 3.63) is 34.8 Å². The van der Waals surface area contributed by atoms with Crippen LogP contribution in [0.4, 0.5) is 0 Å². The van der Waals surface area contributed by atoms with Crippen LogP contribution in [-0.4, -0.2) is 19.9 Å². The van der Waals surface area contributed by atoms with Crippen molar-refractivity contribution in [2.24, 2.45) is 10.9 Å². The predicted molar refractivity (Wildman–Crippen MR) is 68.2 cm³/mol. The second-order valence-electron chi connectivity index (χ2n) is 2.91. The number of nitrogens with two attached hydrogens (primary N) is 1. The van der Waals surface area contributed by atoms with E-state index in [2.05, 4.69) is 27.6 Å². The second-order valence-corrected chi connectivity index (χ2v) is 3.77. The molecule has 0 aromatic heterocycles. The Kier molecular flexibility index (Phi) is 4.85. The molecule has 0 aliphatic heterocycles. The van der Waals surface area contributed by atoms with Gasteiger partial charge in [-0.3, -0.25) is 0 Å². The number of ether oxygens (including phenoxy) is 2. The van der Waals surface area contributed by atoms with E-state index in [1.165, 1.54) is 6.21 Å². The maximum Gasteiger partial charge on any atom is 0.175 e. The molecular weight excluding hydrogens is 272 g/mol. The molecule has 0 amide bonds. The highest BCUT2D eigenvalue weighted by Crippen LogP contribution is 2.36. The molecule has 0 unspecified atom stereocenters. The fraction of sp³-hybridized carbons (Fsp3) is 0.182. The zero-order chi connectivity index (χ0) is 12.0. The van der Waals surface area contributed by atoms with E-state index in [0.29, 0.717) is 18.1 Å². The molecule has 2 N–H and O–H groups in total. The summed E-state index contributed by atoms with van der Waals surface area (Å²) in [5.74, 6) is 6.34. The van der Waals surface area contributed by atoms with Crippen molar-refractivity contribution < 1.29 is 9.47 Å². The van der Waals surface area contributed by atoms with Crippen LogP contribution in [0.1, 0.15) is 5.56 Å². The third-order valence-corrected chi connectivity index (χ3v) is 2.41. The molecule has 1 rings (SSSR count). The Balaban J connectivity index is 3.11. The van der Waals surface area contributed by atoms with Gasteiger partial charge in [-0.2, -0.15) is 5.10 Å². The first-order valence-corrected chi connectivity index (χ1v) is 5.36. The number of rotatable bonds is 5. The number of hydrogen-bond donors (Lipinski definition) is 1. The number of benzene rings is 1. The van der Waals surface area contributed by atoms with Gasteiger partial charge in [0.2, 0.25) is 0 Å². The van der Waals surface area contributed by atoms with E-state index in [1.54, 1.807) is 19.3 Å². The lowest BCUT2D eigenvalue weighted by Gasteiger charge is -2.11. The lowest BCUT2D eigenvalue weighted by atomic mass is 10.2. The van der Waals surface area contributed by atoms with Crippen LogP contribution in [0.15, 0.2) is 34.4 Å². The van der Waals surface area contributed by atoms with Crippen molar-refractivity contribution in [3.8, 4) is 11.5 Å². The van der Waals surface area contributed by atoms with Gasteiger partial charge in [-0.25, -0.2) is 0 Å². The summed E-state index contributed by atoms with van der Waals surface area (Å²) in [6.07, 6.45) is 3.20. The van der Waals surface area contributed by atoms with E-state index in [0.717, 1.165) is 10.0 Å². The van der Waals surface area contributed by atoms with Crippen molar-refractivity contribution >= 4 is 22.1 Å². The third-order valence-electron chi connectivity index (χ3n) is 1.82. The summed E-state index contributed by atoms with van der Waals surface area (Å²) >= 11 is 3.40. The summed E-state index contributed by atoms with van der Waals surface area (Å²) in [7, 11) is 1.58. The Morgan fingerprint density at radius 1 is 1.56 bits per heavy atom. The number of nitrogens with zero attached hydrogens (tertiary/aromatic N) is 1. The minimum absolute atomic E-state index is 0.416. The van der Waals surface area contributed by atoms with E-state index in [1.807, 2.05) is 6.07 Å². The highest BCUT2D eigenvalue weighted by atomic mass is 79.9. The molecular formula is C11H13BrN2O2. The van der Waals surface area contributed by atoms with Crippen molar-refractivity contribution in [3.63, 3.8) is 0 Å². The second kappa shape index (κ2) is 6.17. The number of methoxy groups -OCH3 is 1. The number of halogens is 1. The molecule has 0 radical (unpaired) electrons. The maximum atomic E-state index is 5.48. The van der Waals surface area contributed by atoms with E-state index >= 15 is 0 Å². The Morgan fingerprint density at radius 2 is 2.31 bits per heavy atom. The smallest absolute Gasteiger partial charge is 0.175 e. The molecule has 16 heavy (non-hydrogen) atoms. The standard InChI is InChI=1S/C11H13BrN2O2/c1-3-4-16-11-9(12)5-8(7-14-13)6-10(11)15-2/h3,5-7H,1,4,13H2,2H3. The van der Waals surface area contributed by atoms with Gasteiger partial charge in [0, 0.05) is 0 Å². The van der Waals surface area contributed by atoms with E-state index in [4.69, 9.17) is 15.3 Å². The van der Waals surface area contributed by atoms with Crippen LogP contribution in [0.3, 0.4) is 0 Å². The summed E-state index contributed by atoms with van der Waals surface area (Å²) in [6.45, 7) is 4.01. The topological polar surface area (TPSA) is 56.8 Å². The van der Waals surface area contributed by atoms with Crippen molar-refractivity contribution in [1.29, 1.82) is 0 Å². The van der Waals surface area contributed by atoms with Gasteiger partial charge in [0.05, 0.1) is 17.8 Å². The minimum atomic E-state index is 0.416. The van der Waals surface area contributed by atoms with E-state index in [-0.39, 0.29) is 0 Å². The Labute approximate surface area is 103 Å². The molecule has 86 valence electrons. The van der Waals surface area contributed by atoms with Crippen LogP contribution in [0.2, 0.25) is 0 Å². The lowest BCUT2D eigenvalue weighted by Crippen LogP contribution is -1.98. The molecule has 0 aliphatic carbocycles. The fourth-order valence-electron chi connectivity index (χ4n) is 1.18. The van der Waals surface area contributed by atoms with Gasteiger partial charge in [0.15, 0.2) is 11.5 Å². The van der Waals surface area contributed by atoms with Gasteiger partial charge < -0.3 is 15.3 Å². The molecule has 1 aromatic carbocycles. The fourth-order valence-corrected chi connectivity index (χ4v) is 1.76. The van der Waals surface area contributed by atoms with Crippen molar-refractivity contribution in [2.45, 2.75) is 0 Å². The summed E-state index contributed by atoms with van der Waals surface area (Å²) in [6, 6.07) is 3.64. The maximum absolute atomic E-state index is 5.48. The SMILES string of the molecule is C=CCOc1c(Br)cc(C=NN)cc1OC. The van der Waals surface area contributed by atoms with Crippen LogP contribution >= 0.6 is 15.9 Å². The Hall–Kier alpha value is -1.49.